The molecule has 1 N–H and O–H groups in total. The molecule has 1 fully saturated rings. The number of nitrogens with zero attached hydrogens (tertiary/aromatic N) is 1. The Kier molecular flexibility index (Phi) is 2.33. The molecule has 4 heteroatoms. The van der Waals surface area contributed by atoms with E-state index in [4.69, 9.17) is 4.42 Å². The molecule has 1 aromatic heterocycles. The van der Waals surface area contributed by atoms with Crippen LogP contribution in [0.5, 0.6) is 0 Å². The fourth-order valence-corrected chi connectivity index (χ4v) is 2.68. The van der Waals surface area contributed by atoms with Gasteiger partial charge in [0.25, 0.3) is 0 Å². The summed E-state index contributed by atoms with van der Waals surface area (Å²) < 4.78 is 7.18. The number of hydrogen-bond donors (Lipinski definition) is 1. The lowest BCUT2D eigenvalue weighted by atomic mass is 10.1. The Bertz CT molecular complexity index is 618. The van der Waals surface area contributed by atoms with E-state index < -0.39 is 0 Å². The van der Waals surface area contributed by atoms with Crippen LogP contribution in [0.1, 0.15) is 23.6 Å². The number of nitrogens with one attached hydrogen (secondary N) is 1. The molecule has 0 saturated carbocycles. The molecule has 1 unspecified atom stereocenters. The molecule has 1 aliphatic heterocycles. The van der Waals surface area contributed by atoms with Crippen LogP contribution in [0.4, 0.5) is 0 Å². The Hall–Kier alpha value is -1.55. The molecule has 0 radical (unpaired) electrons. The predicted molar refractivity (Wildman–Crippen MR) is 66.5 cm³/mol. The van der Waals surface area contributed by atoms with Gasteiger partial charge in [0.15, 0.2) is 5.58 Å². The molecule has 2 heterocycles. The molecule has 0 amide bonds. The Morgan fingerprint density at radius 2 is 2.24 bits per heavy atom. The lowest BCUT2D eigenvalue weighted by Crippen LogP contribution is -2.22. The van der Waals surface area contributed by atoms with Crippen molar-refractivity contribution in [2.24, 2.45) is 0 Å². The third kappa shape index (κ3) is 1.60. The summed E-state index contributed by atoms with van der Waals surface area (Å²) in [4.78, 5) is 12.0. The Morgan fingerprint density at radius 1 is 1.41 bits per heavy atom. The predicted octanol–water partition coefficient (Wildman–Crippen LogP) is 1.75. The lowest BCUT2D eigenvalue weighted by molar-refractivity contribution is 0.459. The third-order valence-electron chi connectivity index (χ3n) is 3.44. The van der Waals surface area contributed by atoms with Crippen LogP contribution in [-0.2, 0) is 0 Å². The zero-order valence-electron chi connectivity index (χ0n) is 10.1. The van der Waals surface area contributed by atoms with Crippen molar-refractivity contribution in [1.29, 1.82) is 0 Å². The van der Waals surface area contributed by atoms with Crippen molar-refractivity contribution in [3.8, 4) is 0 Å². The normalized spacial score (nSPS) is 20.2. The van der Waals surface area contributed by atoms with Crippen LogP contribution in [0, 0.1) is 13.8 Å². The van der Waals surface area contributed by atoms with Crippen molar-refractivity contribution in [2.45, 2.75) is 26.3 Å². The first-order valence-corrected chi connectivity index (χ1v) is 6.00. The number of benzene rings is 1. The zero-order chi connectivity index (χ0) is 12.0. The first-order chi connectivity index (χ1) is 8.16. The molecule has 1 aliphatic rings. The fourth-order valence-electron chi connectivity index (χ4n) is 2.68. The van der Waals surface area contributed by atoms with Gasteiger partial charge in [0.1, 0.15) is 0 Å². The minimum absolute atomic E-state index is 0.227. The topological polar surface area (TPSA) is 47.2 Å². The van der Waals surface area contributed by atoms with E-state index in [1.807, 2.05) is 26.0 Å². The summed E-state index contributed by atoms with van der Waals surface area (Å²) in [6.07, 6.45) is 0.988. The van der Waals surface area contributed by atoms with Crippen LogP contribution < -0.4 is 11.1 Å². The van der Waals surface area contributed by atoms with Gasteiger partial charge >= 0.3 is 5.76 Å². The Morgan fingerprint density at radius 3 is 2.94 bits per heavy atom. The van der Waals surface area contributed by atoms with E-state index in [0.29, 0.717) is 0 Å². The first kappa shape index (κ1) is 10.6. The zero-order valence-corrected chi connectivity index (χ0v) is 10.1. The van der Waals surface area contributed by atoms with Gasteiger partial charge in [-0.1, -0.05) is 6.07 Å². The number of aryl methyl sites for hydroxylation is 2. The fraction of sp³-hybridized carbons (Fsp3) is 0.462. The molecule has 90 valence electrons. The van der Waals surface area contributed by atoms with E-state index in [1.165, 1.54) is 0 Å². The van der Waals surface area contributed by atoms with Crippen LogP contribution in [0.25, 0.3) is 11.1 Å². The van der Waals surface area contributed by atoms with Gasteiger partial charge in [-0.3, -0.25) is 4.57 Å². The maximum absolute atomic E-state index is 12.0. The average molecular weight is 232 g/mol. The largest absolute Gasteiger partial charge is 0.420 e. The molecule has 0 spiro atoms. The molecule has 2 aromatic rings. The summed E-state index contributed by atoms with van der Waals surface area (Å²) in [7, 11) is 0. The van der Waals surface area contributed by atoms with Crippen LogP contribution >= 0.6 is 0 Å². The second-order valence-corrected chi connectivity index (χ2v) is 4.81. The van der Waals surface area contributed by atoms with Crippen molar-refractivity contribution >= 4 is 11.1 Å². The SMILES string of the molecule is Cc1cc(C)c2oc(=O)n(C3CCNC3)c2c1. The van der Waals surface area contributed by atoms with E-state index in [2.05, 4.69) is 5.32 Å². The maximum atomic E-state index is 12.0. The Balaban J connectivity index is 2.29. The van der Waals surface area contributed by atoms with Gasteiger partial charge in [-0.05, 0) is 44.0 Å². The van der Waals surface area contributed by atoms with E-state index >= 15 is 0 Å². The first-order valence-electron chi connectivity index (χ1n) is 6.00. The van der Waals surface area contributed by atoms with Gasteiger partial charge in [-0.15, -0.1) is 0 Å². The number of hydrogen-bond acceptors (Lipinski definition) is 3. The minimum Gasteiger partial charge on any atom is -0.407 e. The van der Waals surface area contributed by atoms with Gasteiger partial charge in [0, 0.05) is 6.54 Å². The van der Waals surface area contributed by atoms with Crippen LogP contribution in [-0.4, -0.2) is 17.7 Å². The molecule has 1 aromatic carbocycles. The molecule has 3 rings (SSSR count). The molecular formula is C13H16N2O2. The second kappa shape index (κ2) is 3.74. The summed E-state index contributed by atoms with van der Waals surface area (Å²) in [5, 5.41) is 3.28. The van der Waals surface area contributed by atoms with Crippen molar-refractivity contribution < 1.29 is 4.42 Å². The van der Waals surface area contributed by atoms with Gasteiger partial charge in [0.05, 0.1) is 11.6 Å². The average Bonchev–Trinajstić information content (AvgIpc) is 2.84. The number of aromatic nitrogens is 1. The second-order valence-electron chi connectivity index (χ2n) is 4.81. The highest BCUT2D eigenvalue weighted by atomic mass is 16.4. The van der Waals surface area contributed by atoms with Gasteiger partial charge in [0.2, 0.25) is 0 Å². The summed E-state index contributed by atoms with van der Waals surface area (Å²) in [6.45, 7) is 5.84. The molecular weight excluding hydrogens is 216 g/mol. The van der Waals surface area contributed by atoms with E-state index in [-0.39, 0.29) is 11.8 Å². The lowest BCUT2D eigenvalue weighted by Gasteiger charge is -2.09. The quantitative estimate of drug-likeness (QED) is 0.814. The summed E-state index contributed by atoms with van der Waals surface area (Å²) in [5.41, 5.74) is 3.85. The van der Waals surface area contributed by atoms with Gasteiger partial charge in [-0.2, -0.15) is 0 Å². The van der Waals surface area contributed by atoms with Crippen molar-refractivity contribution in [2.75, 3.05) is 13.1 Å². The minimum atomic E-state index is -0.234. The van der Waals surface area contributed by atoms with Gasteiger partial charge < -0.3 is 9.73 Å². The Labute approximate surface area is 99.2 Å². The highest BCUT2D eigenvalue weighted by molar-refractivity contribution is 5.77. The highest BCUT2D eigenvalue weighted by Gasteiger charge is 2.22. The summed E-state index contributed by atoms with van der Waals surface area (Å²) in [5.74, 6) is -0.234. The van der Waals surface area contributed by atoms with Crippen LogP contribution in [0.2, 0.25) is 0 Å². The van der Waals surface area contributed by atoms with Crippen LogP contribution in [0.15, 0.2) is 21.3 Å². The molecule has 0 aliphatic carbocycles. The number of oxazole rings is 1. The molecule has 1 atom stereocenters. The third-order valence-corrected chi connectivity index (χ3v) is 3.44. The smallest absolute Gasteiger partial charge is 0.407 e. The standard InChI is InChI=1S/C13H16N2O2/c1-8-5-9(2)12-11(6-8)15(13(16)17-12)10-3-4-14-7-10/h5-6,10,14H,3-4,7H2,1-2H3. The monoisotopic (exact) mass is 232 g/mol. The number of rotatable bonds is 1. The van der Waals surface area contributed by atoms with E-state index in [1.54, 1.807) is 4.57 Å². The van der Waals surface area contributed by atoms with Crippen molar-refractivity contribution in [1.82, 2.24) is 9.88 Å². The maximum Gasteiger partial charge on any atom is 0.420 e. The van der Waals surface area contributed by atoms with E-state index in [0.717, 1.165) is 41.7 Å². The van der Waals surface area contributed by atoms with Crippen LogP contribution in [0.3, 0.4) is 0 Å². The molecule has 0 bridgehead atoms. The number of fused-ring (bicyclic) bond motifs is 1. The summed E-state index contributed by atoms with van der Waals surface area (Å²) >= 11 is 0. The molecule has 4 nitrogen and oxygen atoms in total. The highest BCUT2D eigenvalue weighted by Crippen LogP contribution is 2.24. The van der Waals surface area contributed by atoms with Crippen molar-refractivity contribution in [3.63, 3.8) is 0 Å². The summed E-state index contributed by atoms with van der Waals surface area (Å²) in [6, 6.07) is 4.30. The van der Waals surface area contributed by atoms with Crippen molar-refractivity contribution in [3.05, 3.63) is 33.8 Å². The molecule has 17 heavy (non-hydrogen) atoms. The van der Waals surface area contributed by atoms with E-state index in [9.17, 15) is 4.79 Å². The molecule has 1 saturated heterocycles. The van der Waals surface area contributed by atoms with Gasteiger partial charge in [-0.25, -0.2) is 4.79 Å².